The Labute approximate surface area is 158 Å². The Morgan fingerprint density at radius 3 is 2.65 bits per heavy atom. The van der Waals surface area contributed by atoms with Gasteiger partial charge in [0.2, 0.25) is 0 Å². The Balaban J connectivity index is 1.69. The number of hydrogen-bond donors (Lipinski definition) is 1. The molecule has 26 heavy (non-hydrogen) atoms. The van der Waals surface area contributed by atoms with Crippen LogP contribution >= 0.6 is 0 Å². The molecule has 0 spiro atoms. The summed E-state index contributed by atoms with van der Waals surface area (Å²) in [4.78, 5) is 12.9. The fourth-order valence-electron chi connectivity index (χ4n) is 8.32. The van der Waals surface area contributed by atoms with Gasteiger partial charge in [-0.05, 0) is 99.7 Å². The Bertz CT molecular complexity index is 572. The Morgan fingerprint density at radius 2 is 1.96 bits per heavy atom. The van der Waals surface area contributed by atoms with Gasteiger partial charge in [-0.3, -0.25) is 4.79 Å². The Hall–Kier alpha value is -0.670. The zero-order valence-electron chi connectivity index (χ0n) is 16.6. The molecule has 0 radical (unpaired) electrons. The molecule has 0 bridgehead atoms. The standard InChI is InChI=1S/C23H36O3/c1-4-16-6-8-21-19-7-5-17-13-18(25)9-11-22(17,14-26-3)20(19)10-12-23(16,21)15(2)24/h4,16-21,25H,1,5-14H2,2-3H3/t16-,17-,18+,19?,20?,21?,22+,23+/m0/s1. The van der Waals surface area contributed by atoms with E-state index in [4.69, 9.17) is 4.74 Å². The van der Waals surface area contributed by atoms with Crippen molar-refractivity contribution < 1.29 is 14.6 Å². The number of hydrogen-bond acceptors (Lipinski definition) is 3. The molecule has 3 nitrogen and oxygen atoms in total. The number of carbonyl (C=O) groups is 1. The van der Waals surface area contributed by atoms with Crippen molar-refractivity contribution in [2.24, 2.45) is 40.4 Å². The molecule has 8 atom stereocenters. The van der Waals surface area contributed by atoms with E-state index < -0.39 is 0 Å². The average molecular weight is 361 g/mol. The van der Waals surface area contributed by atoms with Crippen LogP contribution in [0.4, 0.5) is 0 Å². The van der Waals surface area contributed by atoms with Crippen LogP contribution in [0, 0.1) is 40.4 Å². The highest BCUT2D eigenvalue weighted by atomic mass is 16.5. The van der Waals surface area contributed by atoms with Crippen LogP contribution in [0.25, 0.3) is 0 Å². The van der Waals surface area contributed by atoms with E-state index in [2.05, 4.69) is 12.7 Å². The monoisotopic (exact) mass is 360 g/mol. The first-order chi connectivity index (χ1) is 12.5. The topological polar surface area (TPSA) is 46.5 Å². The molecule has 4 aliphatic carbocycles. The van der Waals surface area contributed by atoms with Crippen LogP contribution < -0.4 is 0 Å². The molecular formula is C23H36O3. The minimum absolute atomic E-state index is 0.127. The normalized spacial score (nSPS) is 50.4. The number of aliphatic hydroxyl groups is 1. The van der Waals surface area contributed by atoms with Crippen molar-refractivity contribution >= 4 is 5.78 Å². The highest BCUT2D eigenvalue weighted by molar-refractivity contribution is 5.84. The molecule has 1 N–H and O–H groups in total. The van der Waals surface area contributed by atoms with Crippen molar-refractivity contribution in [3.05, 3.63) is 12.7 Å². The van der Waals surface area contributed by atoms with Crippen molar-refractivity contribution in [1.82, 2.24) is 0 Å². The first kappa shape index (κ1) is 18.7. The summed E-state index contributed by atoms with van der Waals surface area (Å²) in [7, 11) is 1.84. The zero-order valence-corrected chi connectivity index (χ0v) is 16.6. The summed E-state index contributed by atoms with van der Waals surface area (Å²) in [5, 5.41) is 10.3. The maximum atomic E-state index is 12.9. The number of allylic oxidation sites excluding steroid dienone is 1. The number of methoxy groups -OCH3 is 1. The third-order valence-corrected chi connectivity index (χ3v) is 9.27. The first-order valence-corrected chi connectivity index (χ1v) is 10.8. The second-order valence-electron chi connectivity index (χ2n) is 9.80. The van der Waals surface area contributed by atoms with E-state index in [0.717, 1.165) is 45.1 Å². The SMILES string of the molecule is C=C[C@H]1CCC2C3CC[C@H]4C[C@H](O)CC[C@]4(COC)C3CC[C@]21C(C)=O. The van der Waals surface area contributed by atoms with E-state index in [0.29, 0.717) is 35.4 Å². The molecule has 0 saturated heterocycles. The van der Waals surface area contributed by atoms with E-state index in [9.17, 15) is 9.90 Å². The van der Waals surface area contributed by atoms with Gasteiger partial charge in [0.1, 0.15) is 5.78 Å². The lowest BCUT2D eigenvalue weighted by Gasteiger charge is -2.61. The van der Waals surface area contributed by atoms with Crippen molar-refractivity contribution in [2.45, 2.75) is 70.8 Å². The Kier molecular flexibility index (Phi) is 4.84. The van der Waals surface area contributed by atoms with Gasteiger partial charge < -0.3 is 9.84 Å². The molecule has 3 unspecified atom stereocenters. The van der Waals surface area contributed by atoms with Gasteiger partial charge in [0.05, 0.1) is 12.7 Å². The van der Waals surface area contributed by atoms with Crippen LogP contribution in [0.2, 0.25) is 0 Å². The van der Waals surface area contributed by atoms with Crippen molar-refractivity contribution in [2.75, 3.05) is 13.7 Å². The number of aliphatic hydroxyl groups excluding tert-OH is 1. The van der Waals surface area contributed by atoms with Gasteiger partial charge in [-0.25, -0.2) is 0 Å². The molecule has 3 heteroatoms. The third-order valence-electron chi connectivity index (χ3n) is 9.27. The lowest BCUT2D eigenvalue weighted by molar-refractivity contribution is -0.166. The number of fused-ring (bicyclic) bond motifs is 5. The van der Waals surface area contributed by atoms with Crippen LogP contribution in [0.15, 0.2) is 12.7 Å². The fourth-order valence-corrected chi connectivity index (χ4v) is 8.32. The number of ether oxygens (including phenoxy) is 1. The summed E-state index contributed by atoms with van der Waals surface area (Å²) < 4.78 is 5.79. The maximum Gasteiger partial charge on any atom is 0.136 e. The largest absolute Gasteiger partial charge is 0.393 e. The molecular weight excluding hydrogens is 324 g/mol. The van der Waals surface area contributed by atoms with Crippen LogP contribution in [0.5, 0.6) is 0 Å². The van der Waals surface area contributed by atoms with Gasteiger partial charge in [-0.1, -0.05) is 6.08 Å². The molecule has 4 aliphatic rings. The number of carbonyl (C=O) groups excluding carboxylic acids is 1. The van der Waals surface area contributed by atoms with Crippen molar-refractivity contribution in [3.63, 3.8) is 0 Å². The molecule has 4 fully saturated rings. The van der Waals surface area contributed by atoms with Gasteiger partial charge in [-0.2, -0.15) is 0 Å². The van der Waals surface area contributed by atoms with Crippen molar-refractivity contribution in [1.29, 1.82) is 0 Å². The highest BCUT2D eigenvalue weighted by Gasteiger charge is 2.63. The first-order valence-electron chi connectivity index (χ1n) is 10.8. The second kappa shape index (κ2) is 6.74. The maximum absolute atomic E-state index is 12.9. The minimum Gasteiger partial charge on any atom is -0.393 e. The van der Waals surface area contributed by atoms with Gasteiger partial charge in [-0.15, -0.1) is 6.58 Å². The van der Waals surface area contributed by atoms with Gasteiger partial charge in [0.25, 0.3) is 0 Å². The summed E-state index contributed by atoms with van der Waals surface area (Å²) in [6.07, 6.45) is 11.9. The summed E-state index contributed by atoms with van der Waals surface area (Å²) in [6, 6.07) is 0. The predicted octanol–water partition coefficient (Wildman–Crippen LogP) is 4.39. The zero-order chi connectivity index (χ0) is 18.5. The molecule has 0 aliphatic heterocycles. The predicted molar refractivity (Wildman–Crippen MR) is 103 cm³/mol. The van der Waals surface area contributed by atoms with Crippen molar-refractivity contribution in [3.8, 4) is 0 Å². The van der Waals surface area contributed by atoms with Crippen LogP contribution in [-0.4, -0.2) is 30.7 Å². The van der Waals surface area contributed by atoms with E-state index in [1.807, 2.05) is 14.0 Å². The Morgan fingerprint density at radius 1 is 1.15 bits per heavy atom. The summed E-state index contributed by atoms with van der Waals surface area (Å²) in [5.41, 5.74) is 0.0876. The van der Waals surface area contributed by atoms with E-state index in [-0.39, 0.29) is 16.9 Å². The highest BCUT2D eigenvalue weighted by Crippen LogP contribution is 2.68. The molecule has 0 aromatic carbocycles. The smallest absolute Gasteiger partial charge is 0.136 e. The number of ketones is 1. The lowest BCUT2D eigenvalue weighted by atomic mass is 9.43. The quantitative estimate of drug-likeness (QED) is 0.757. The average Bonchev–Trinajstić information content (AvgIpc) is 3.02. The molecule has 0 aromatic heterocycles. The van der Waals surface area contributed by atoms with E-state index >= 15 is 0 Å². The molecule has 0 heterocycles. The molecule has 146 valence electrons. The summed E-state index contributed by atoms with van der Waals surface area (Å²) >= 11 is 0. The number of rotatable bonds is 4. The molecule has 4 saturated carbocycles. The van der Waals surface area contributed by atoms with Gasteiger partial charge in [0.15, 0.2) is 0 Å². The van der Waals surface area contributed by atoms with Crippen LogP contribution in [0.3, 0.4) is 0 Å². The summed E-state index contributed by atoms with van der Waals surface area (Å²) in [6.45, 7) is 6.75. The third kappa shape index (κ3) is 2.42. The van der Waals surface area contributed by atoms with E-state index in [1.54, 1.807) is 0 Å². The minimum atomic E-state index is -0.141. The molecule has 0 amide bonds. The van der Waals surface area contributed by atoms with Crippen LogP contribution in [-0.2, 0) is 9.53 Å². The van der Waals surface area contributed by atoms with Crippen LogP contribution in [0.1, 0.15) is 64.7 Å². The van der Waals surface area contributed by atoms with Gasteiger partial charge in [0, 0.05) is 12.5 Å². The van der Waals surface area contributed by atoms with E-state index in [1.165, 1.54) is 19.3 Å². The molecule has 4 rings (SSSR count). The second-order valence-corrected chi connectivity index (χ2v) is 9.80. The fraction of sp³-hybridized carbons (Fsp3) is 0.870. The number of Topliss-reactive ketones (excluding diaryl/α,β-unsaturated/α-hetero) is 1. The van der Waals surface area contributed by atoms with Gasteiger partial charge >= 0.3 is 0 Å². The molecule has 0 aromatic rings. The summed E-state index contributed by atoms with van der Waals surface area (Å²) in [5.74, 6) is 3.21. The lowest BCUT2D eigenvalue weighted by Crippen LogP contribution is -2.58.